The minimum Gasteiger partial charge on any atom is -0.462 e. The van der Waals surface area contributed by atoms with Gasteiger partial charge in [-0.2, -0.15) is 0 Å². The Kier molecular flexibility index (Phi) is 4.50. The number of hydrogen-bond acceptors (Lipinski definition) is 4. The normalized spacial score (nSPS) is 16.0. The van der Waals surface area contributed by atoms with Crippen LogP contribution in [0.4, 0.5) is 0 Å². The third-order valence-corrected chi connectivity index (χ3v) is 5.02. The van der Waals surface area contributed by atoms with E-state index in [2.05, 4.69) is 0 Å². The molecule has 2 N–H and O–H groups in total. The van der Waals surface area contributed by atoms with Gasteiger partial charge in [-0.05, 0) is 41.5 Å². The second kappa shape index (κ2) is 6.97. The predicted octanol–water partition coefficient (Wildman–Crippen LogP) is 4.75. The van der Waals surface area contributed by atoms with E-state index in [1.165, 1.54) is 0 Å². The summed E-state index contributed by atoms with van der Waals surface area (Å²) >= 11 is 6.48. The Labute approximate surface area is 162 Å². The molecule has 0 fully saturated rings. The highest BCUT2D eigenvalue weighted by Gasteiger charge is 2.36. The van der Waals surface area contributed by atoms with Gasteiger partial charge in [-0.1, -0.05) is 54.1 Å². The van der Waals surface area contributed by atoms with Gasteiger partial charge in [0.05, 0.1) is 12.5 Å². The summed E-state index contributed by atoms with van der Waals surface area (Å²) in [5, 5.41) is 2.63. The van der Waals surface area contributed by atoms with E-state index in [0.29, 0.717) is 10.8 Å². The van der Waals surface area contributed by atoms with E-state index >= 15 is 0 Å². The topological polar surface area (TPSA) is 61.5 Å². The van der Waals surface area contributed by atoms with Crippen molar-refractivity contribution in [1.29, 1.82) is 0 Å². The molecule has 0 spiro atoms. The van der Waals surface area contributed by atoms with E-state index in [1.54, 1.807) is 13.0 Å². The molecule has 0 saturated carbocycles. The molecule has 1 atom stereocenters. The highest BCUT2D eigenvalue weighted by molar-refractivity contribution is 6.31. The molecule has 1 aliphatic heterocycles. The second-order valence-corrected chi connectivity index (χ2v) is 6.70. The van der Waals surface area contributed by atoms with Crippen LogP contribution in [0, 0.1) is 0 Å². The standard InChI is InChI=1S/C22H18ClNO3/c1-2-26-22(25)20-19(15-9-5-6-10-17(15)23)16-11-13-7-3-4-8-14(13)12-18(16)27-21(20)24/h3-12,19H,2,24H2,1H3. The molecule has 4 rings (SSSR count). The zero-order chi connectivity index (χ0) is 19.0. The lowest BCUT2D eigenvalue weighted by atomic mass is 9.82. The molecular formula is C22H18ClNO3. The molecule has 0 aromatic heterocycles. The van der Waals surface area contributed by atoms with E-state index in [-0.39, 0.29) is 18.1 Å². The first-order valence-corrected chi connectivity index (χ1v) is 9.09. The molecule has 3 aromatic rings. The summed E-state index contributed by atoms with van der Waals surface area (Å²) in [6, 6.07) is 19.3. The fraction of sp³-hybridized carbons (Fsp3) is 0.136. The largest absolute Gasteiger partial charge is 0.462 e. The molecule has 1 unspecified atom stereocenters. The number of carbonyl (C=O) groups excluding carboxylic acids is 1. The maximum atomic E-state index is 12.7. The van der Waals surface area contributed by atoms with E-state index in [1.807, 2.05) is 54.6 Å². The molecular weight excluding hydrogens is 362 g/mol. The summed E-state index contributed by atoms with van der Waals surface area (Å²) in [4.78, 5) is 12.7. The predicted molar refractivity (Wildman–Crippen MR) is 106 cm³/mol. The number of fused-ring (bicyclic) bond motifs is 2. The molecule has 0 aliphatic carbocycles. The van der Waals surface area contributed by atoms with Crippen LogP contribution in [-0.4, -0.2) is 12.6 Å². The molecule has 27 heavy (non-hydrogen) atoms. The van der Waals surface area contributed by atoms with Crippen molar-refractivity contribution in [2.75, 3.05) is 6.61 Å². The zero-order valence-corrected chi connectivity index (χ0v) is 15.5. The molecule has 136 valence electrons. The zero-order valence-electron chi connectivity index (χ0n) is 14.7. The Morgan fingerprint density at radius 1 is 1.07 bits per heavy atom. The Morgan fingerprint density at radius 3 is 2.44 bits per heavy atom. The Hall–Kier alpha value is -2.98. The molecule has 1 heterocycles. The number of benzene rings is 3. The van der Waals surface area contributed by atoms with Gasteiger partial charge >= 0.3 is 5.97 Å². The third-order valence-electron chi connectivity index (χ3n) is 4.67. The molecule has 4 nitrogen and oxygen atoms in total. The summed E-state index contributed by atoms with van der Waals surface area (Å²) in [5.41, 5.74) is 8.05. The molecule has 0 radical (unpaired) electrons. The quantitative estimate of drug-likeness (QED) is 0.667. The number of carbonyl (C=O) groups is 1. The molecule has 5 heteroatoms. The summed E-state index contributed by atoms with van der Waals surface area (Å²) in [6.45, 7) is 2.00. The summed E-state index contributed by atoms with van der Waals surface area (Å²) < 4.78 is 11.1. The van der Waals surface area contributed by atoms with Crippen LogP contribution in [0.1, 0.15) is 24.0 Å². The number of nitrogens with two attached hydrogens (primary N) is 1. The van der Waals surface area contributed by atoms with Gasteiger partial charge in [0, 0.05) is 10.6 Å². The van der Waals surface area contributed by atoms with Crippen LogP contribution in [0.25, 0.3) is 10.8 Å². The lowest BCUT2D eigenvalue weighted by molar-refractivity contribution is -0.139. The van der Waals surface area contributed by atoms with Crippen molar-refractivity contribution in [2.45, 2.75) is 12.8 Å². The smallest absolute Gasteiger partial charge is 0.340 e. The number of hydrogen-bond donors (Lipinski definition) is 1. The van der Waals surface area contributed by atoms with E-state index in [4.69, 9.17) is 26.8 Å². The molecule has 3 aromatic carbocycles. The second-order valence-electron chi connectivity index (χ2n) is 6.29. The number of esters is 1. The first-order chi connectivity index (χ1) is 13.1. The maximum Gasteiger partial charge on any atom is 0.340 e. The van der Waals surface area contributed by atoms with Crippen molar-refractivity contribution < 1.29 is 14.3 Å². The molecule has 0 saturated heterocycles. The van der Waals surface area contributed by atoms with Crippen LogP contribution in [0.15, 0.2) is 72.1 Å². The van der Waals surface area contributed by atoms with Gasteiger partial charge in [0.2, 0.25) is 5.88 Å². The lowest BCUT2D eigenvalue weighted by Crippen LogP contribution is -2.27. The van der Waals surface area contributed by atoms with Gasteiger partial charge in [0.25, 0.3) is 0 Å². The first-order valence-electron chi connectivity index (χ1n) is 8.72. The SMILES string of the molecule is CCOC(=O)C1=C(N)Oc2cc3ccccc3cc2C1c1ccccc1Cl. The van der Waals surface area contributed by atoms with Crippen LogP contribution in [-0.2, 0) is 9.53 Å². The van der Waals surface area contributed by atoms with Gasteiger partial charge in [-0.15, -0.1) is 0 Å². The van der Waals surface area contributed by atoms with Gasteiger partial charge in [0.1, 0.15) is 11.3 Å². The van der Waals surface area contributed by atoms with Crippen molar-refractivity contribution in [2.24, 2.45) is 5.73 Å². The van der Waals surface area contributed by atoms with Crippen molar-refractivity contribution in [3.63, 3.8) is 0 Å². The van der Waals surface area contributed by atoms with E-state index in [0.717, 1.165) is 21.9 Å². The average molecular weight is 380 g/mol. The van der Waals surface area contributed by atoms with Crippen molar-refractivity contribution in [1.82, 2.24) is 0 Å². The minimum absolute atomic E-state index is 0.0427. The summed E-state index contributed by atoms with van der Waals surface area (Å²) in [6.07, 6.45) is 0. The Bertz CT molecular complexity index is 1070. The minimum atomic E-state index is -0.501. The lowest BCUT2D eigenvalue weighted by Gasteiger charge is -2.29. The van der Waals surface area contributed by atoms with Crippen LogP contribution in [0.2, 0.25) is 5.02 Å². The number of halogens is 1. The maximum absolute atomic E-state index is 12.7. The first kappa shape index (κ1) is 17.4. The summed E-state index contributed by atoms with van der Waals surface area (Å²) in [7, 11) is 0. The average Bonchev–Trinajstić information content (AvgIpc) is 2.66. The Balaban J connectivity index is 1.99. The highest BCUT2D eigenvalue weighted by Crippen LogP contribution is 2.46. The fourth-order valence-electron chi connectivity index (χ4n) is 3.48. The summed E-state index contributed by atoms with van der Waals surface area (Å²) in [5.74, 6) is -0.310. The van der Waals surface area contributed by atoms with E-state index < -0.39 is 11.9 Å². The number of rotatable bonds is 3. The highest BCUT2D eigenvalue weighted by atomic mass is 35.5. The number of ether oxygens (including phenoxy) is 2. The monoisotopic (exact) mass is 379 g/mol. The molecule has 1 aliphatic rings. The van der Waals surface area contributed by atoms with Crippen molar-refractivity contribution in [3.05, 3.63) is 88.3 Å². The molecule has 0 bridgehead atoms. The fourth-order valence-corrected chi connectivity index (χ4v) is 3.73. The van der Waals surface area contributed by atoms with E-state index in [9.17, 15) is 4.79 Å². The van der Waals surface area contributed by atoms with Gasteiger partial charge in [0.15, 0.2) is 0 Å². The van der Waals surface area contributed by atoms with Gasteiger partial charge in [-0.25, -0.2) is 4.79 Å². The van der Waals surface area contributed by atoms with Crippen LogP contribution in [0.3, 0.4) is 0 Å². The van der Waals surface area contributed by atoms with Gasteiger partial charge in [-0.3, -0.25) is 0 Å². The Morgan fingerprint density at radius 2 is 1.74 bits per heavy atom. The van der Waals surface area contributed by atoms with Gasteiger partial charge < -0.3 is 15.2 Å². The van der Waals surface area contributed by atoms with Crippen LogP contribution in [0.5, 0.6) is 5.75 Å². The van der Waals surface area contributed by atoms with Crippen LogP contribution < -0.4 is 10.5 Å². The van der Waals surface area contributed by atoms with Crippen LogP contribution >= 0.6 is 11.6 Å². The third kappa shape index (κ3) is 3.02. The molecule has 0 amide bonds. The van der Waals surface area contributed by atoms with Crippen molar-refractivity contribution in [3.8, 4) is 5.75 Å². The van der Waals surface area contributed by atoms with Crippen molar-refractivity contribution >= 4 is 28.3 Å².